The molecular formula is C24H26O13. The van der Waals surface area contributed by atoms with Gasteiger partial charge in [-0.2, -0.15) is 0 Å². The number of ether oxygens (including phenoxy) is 5. The van der Waals surface area contributed by atoms with E-state index in [2.05, 4.69) is 0 Å². The predicted molar refractivity (Wildman–Crippen MR) is 125 cm³/mol. The van der Waals surface area contributed by atoms with E-state index in [0.717, 1.165) is 6.26 Å². The van der Waals surface area contributed by atoms with Crippen LogP contribution in [-0.4, -0.2) is 89.3 Å². The first kappa shape index (κ1) is 26.3. The molecule has 2 heterocycles. The summed E-state index contributed by atoms with van der Waals surface area (Å²) in [6.07, 6.45) is -6.74. The lowest BCUT2D eigenvalue weighted by Crippen LogP contribution is -2.60. The molecule has 1 aromatic heterocycles. The second kappa shape index (κ2) is 10.3. The van der Waals surface area contributed by atoms with Crippen molar-refractivity contribution >= 4 is 11.0 Å². The zero-order valence-corrected chi connectivity index (χ0v) is 19.9. The van der Waals surface area contributed by atoms with E-state index in [1.807, 2.05) is 0 Å². The topological polar surface area (TPSA) is 198 Å². The highest BCUT2D eigenvalue weighted by Gasteiger charge is 2.45. The molecule has 0 spiro atoms. The number of phenolic OH excluding ortho intramolecular Hbond substituents is 2. The number of aliphatic hydroxyl groups excluding tert-OH is 4. The Kier molecular flexibility index (Phi) is 7.34. The Balaban J connectivity index is 1.80. The number of hydrogen-bond acceptors (Lipinski definition) is 13. The Morgan fingerprint density at radius 1 is 0.892 bits per heavy atom. The molecular weight excluding hydrogens is 496 g/mol. The second-order valence-electron chi connectivity index (χ2n) is 8.15. The Bertz CT molecular complexity index is 1350. The van der Waals surface area contributed by atoms with Gasteiger partial charge in [0, 0.05) is 6.07 Å². The van der Waals surface area contributed by atoms with Gasteiger partial charge in [0.05, 0.1) is 33.5 Å². The maximum Gasteiger partial charge on any atom is 0.229 e. The largest absolute Gasteiger partial charge is 0.504 e. The van der Waals surface area contributed by atoms with Gasteiger partial charge < -0.3 is 58.7 Å². The first-order chi connectivity index (χ1) is 17.7. The van der Waals surface area contributed by atoms with Gasteiger partial charge in [-0.3, -0.25) is 4.79 Å². The van der Waals surface area contributed by atoms with Gasteiger partial charge in [-0.1, -0.05) is 0 Å². The minimum atomic E-state index is -1.73. The Labute approximate surface area is 209 Å². The van der Waals surface area contributed by atoms with Crippen LogP contribution in [0.15, 0.2) is 33.7 Å². The number of benzene rings is 2. The van der Waals surface area contributed by atoms with Crippen molar-refractivity contribution in [2.45, 2.75) is 30.7 Å². The normalized spacial score (nSPS) is 23.6. The van der Waals surface area contributed by atoms with E-state index in [9.17, 15) is 35.4 Å². The van der Waals surface area contributed by atoms with Crippen molar-refractivity contribution in [1.29, 1.82) is 0 Å². The molecule has 2 aromatic carbocycles. The van der Waals surface area contributed by atoms with Crippen LogP contribution in [0.5, 0.6) is 34.5 Å². The SMILES string of the molecule is COc1cc(-c2coc3cc(O[C@H]4O[C@H](CO)[C@@H](O)[C@H](O)[C@H]4O)c(OC)c(O)c3c2=O)cc(O)c1OC. The lowest BCUT2D eigenvalue weighted by molar-refractivity contribution is -0.277. The predicted octanol–water partition coefficient (Wildman–Crippen LogP) is 0.0757. The van der Waals surface area contributed by atoms with E-state index >= 15 is 0 Å². The summed E-state index contributed by atoms with van der Waals surface area (Å²) in [5.74, 6) is -1.26. The molecule has 1 saturated heterocycles. The number of fused-ring (bicyclic) bond motifs is 1. The zero-order chi connectivity index (χ0) is 27.0. The number of methoxy groups -OCH3 is 3. The third-order valence-electron chi connectivity index (χ3n) is 6.03. The summed E-state index contributed by atoms with van der Waals surface area (Å²) in [4.78, 5) is 13.4. The van der Waals surface area contributed by atoms with Crippen LogP contribution >= 0.6 is 0 Å². The lowest BCUT2D eigenvalue weighted by atomic mass is 9.99. The van der Waals surface area contributed by atoms with Crippen molar-refractivity contribution in [3.63, 3.8) is 0 Å². The molecule has 0 amide bonds. The van der Waals surface area contributed by atoms with Crippen LogP contribution in [0.3, 0.4) is 0 Å². The van der Waals surface area contributed by atoms with Crippen molar-refractivity contribution < 1.29 is 58.7 Å². The number of aliphatic hydroxyl groups is 4. The highest BCUT2D eigenvalue weighted by Crippen LogP contribution is 2.44. The summed E-state index contributed by atoms with van der Waals surface area (Å²) in [6.45, 7) is -0.672. The van der Waals surface area contributed by atoms with Crippen LogP contribution in [0.25, 0.3) is 22.1 Å². The summed E-state index contributed by atoms with van der Waals surface area (Å²) in [6, 6.07) is 3.92. The summed E-state index contributed by atoms with van der Waals surface area (Å²) < 4.78 is 32.0. The van der Waals surface area contributed by atoms with E-state index in [4.69, 9.17) is 28.1 Å². The highest BCUT2D eigenvalue weighted by molar-refractivity contribution is 5.91. The molecule has 13 heteroatoms. The van der Waals surface area contributed by atoms with Gasteiger partial charge in [0.15, 0.2) is 23.0 Å². The minimum absolute atomic E-state index is 0.0243. The van der Waals surface area contributed by atoms with Crippen LogP contribution < -0.4 is 24.4 Å². The highest BCUT2D eigenvalue weighted by atomic mass is 16.7. The molecule has 6 N–H and O–H groups in total. The van der Waals surface area contributed by atoms with Gasteiger partial charge in [0.25, 0.3) is 0 Å². The van der Waals surface area contributed by atoms with Crippen molar-refractivity contribution in [1.82, 2.24) is 0 Å². The van der Waals surface area contributed by atoms with Crippen LogP contribution in [0, 0.1) is 0 Å². The van der Waals surface area contributed by atoms with Crippen LogP contribution in [0.1, 0.15) is 0 Å². The fourth-order valence-electron chi connectivity index (χ4n) is 4.10. The van der Waals surface area contributed by atoms with Crippen molar-refractivity contribution in [3.05, 3.63) is 34.7 Å². The van der Waals surface area contributed by atoms with Gasteiger partial charge in [0.2, 0.25) is 23.2 Å². The quantitative estimate of drug-likeness (QED) is 0.244. The lowest BCUT2D eigenvalue weighted by Gasteiger charge is -2.39. The Morgan fingerprint density at radius 3 is 2.22 bits per heavy atom. The van der Waals surface area contributed by atoms with Gasteiger partial charge in [-0.25, -0.2) is 0 Å². The monoisotopic (exact) mass is 522 g/mol. The molecule has 13 nitrogen and oxygen atoms in total. The van der Waals surface area contributed by atoms with Crippen LogP contribution in [0.4, 0.5) is 0 Å². The first-order valence-electron chi connectivity index (χ1n) is 10.9. The van der Waals surface area contributed by atoms with E-state index < -0.39 is 48.5 Å². The molecule has 5 atom stereocenters. The summed E-state index contributed by atoms with van der Waals surface area (Å²) in [7, 11) is 3.90. The number of rotatable bonds is 7. The van der Waals surface area contributed by atoms with Crippen molar-refractivity contribution in [2.24, 2.45) is 0 Å². The molecule has 200 valence electrons. The average molecular weight is 522 g/mol. The smallest absolute Gasteiger partial charge is 0.229 e. The fraction of sp³-hybridized carbons (Fsp3) is 0.375. The van der Waals surface area contributed by atoms with Gasteiger partial charge in [-0.15, -0.1) is 0 Å². The second-order valence-corrected chi connectivity index (χ2v) is 8.15. The zero-order valence-electron chi connectivity index (χ0n) is 19.9. The number of hydrogen-bond donors (Lipinski definition) is 6. The average Bonchev–Trinajstić information content (AvgIpc) is 2.88. The van der Waals surface area contributed by atoms with Crippen LogP contribution in [0.2, 0.25) is 0 Å². The third-order valence-corrected chi connectivity index (χ3v) is 6.03. The molecule has 3 aromatic rings. The van der Waals surface area contributed by atoms with Crippen molar-refractivity contribution in [3.8, 4) is 45.6 Å². The van der Waals surface area contributed by atoms with Crippen LogP contribution in [-0.2, 0) is 4.74 Å². The molecule has 1 aliphatic rings. The van der Waals surface area contributed by atoms with E-state index in [1.165, 1.54) is 39.5 Å². The van der Waals surface area contributed by atoms with Gasteiger partial charge in [-0.05, 0) is 17.7 Å². The Morgan fingerprint density at radius 2 is 1.59 bits per heavy atom. The molecule has 0 aliphatic carbocycles. The van der Waals surface area contributed by atoms with Gasteiger partial charge >= 0.3 is 0 Å². The number of aromatic hydroxyl groups is 2. The standard InChI is InChI=1S/C24H26O13/c1-32-13-5-9(4-11(26)22(13)33-2)10-8-35-12-6-14(23(34-3)19(29)16(12)17(10)27)36-24-21(31)20(30)18(28)15(7-25)37-24/h4-6,8,15,18,20-21,24-26,28-31H,7H2,1-3H3/t15-,18-,20+,21-,24+/m1/s1. The molecule has 1 fully saturated rings. The van der Waals surface area contributed by atoms with E-state index in [-0.39, 0.29) is 50.8 Å². The fourth-order valence-corrected chi connectivity index (χ4v) is 4.10. The first-order valence-corrected chi connectivity index (χ1v) is 10.9. The minimum Gasteiger partial charge on any atom is -0.504 e. The molecule has 1 aliphatic heterocycles. The number of phenols is 2. The van der Waals surface area contributed by atoms with E-state index in [0.29, 0.717) is 0 Å². The molecule has 0 unspecified atom stereocenters. The third kappa shape index (κ3) is 4.47. The molecule has 0 radical (unpaired) electrons. The summed E-state index contributed by atoms with van der Waals surface area (Å²) in [5.41, 5.74) is -0.617. The van der Waals surface area contributed by atoms with Crippen molar-refractivity contribution in [2.75, 3.05) is 27.9 Å². The summed E-state index contributed by atoms with van der Waals surface area (Å²) in [5, 5.41) is 60.6. The molecule has 0 bridgehead atoms. The molecule has 4 rings (SSSR count). The van der Waals surface area contributed by atoms with Gasteiger partial charge in [0.1, 0.15) is 41.6 Å². The molecule has 0 saturated carbocycles. The maximum atomic E-state index is 13.4. The van der Waals surface area contributed by atoms with E-state index in [1.54, 1.807) is 0 Å². The molecule has 37 heavy (non-hydrogen) atoms. The Hall–Kier alpha value is -3.75. The summed E-state index contributed by atoms with van der Waals surface area (Å²) >= 11 is 0. The maximum absolute atomic E-state index is 13.4.